The lowest BCUT2D eigenvalue weighted by molar-refractivity contribution is 0.950. The molecule has 0 aliphatic carbocycles. The van der Waals surface area contributed by atoms with Gasteiger partial charge in [-0.1, -0.05) is 26.3 Å². The molecule has 0 saturated carbocycles. The predicted octanol–water partition coefficient (Wildman–Crippen LogP) is 3.52. The summed E-state index contributed by atoms with van der Waals surface area (Å²) >= 11 is 2.39. The van der Waals surface area contributed by atoms with Gasteiger partial charge < -0.3 is 0 Å². The molecule has 0 atom stereocenters. The van der Waals surface area contributed by atoms with Gasteiger partial charge in [0.25, 0.3) is 0 Å². The van der Waals surface area contributed by atoms with E-state index < -0.39 is 0 Å². The summed E-state index contributed by atoms with van der Waals surface area (Å²) < 4.78 is 1.49. The maximum atomic E-state index is 2.39. The third-order valence-corrected chi connectivity index (χ3v) is 2.20. The first-order valence-electron chi connectivity index (χ1n) is 3.15. The van der Waals surface area contributed by atoms with Crippen LogP contribution >= 0.6 is 22.6 Å². The summed E-state index contributed by atoms with van der Waals surface area (Å²) in [6.45, 7) is 4.39. The van der Waals surface area contributed by atoms with Gasteiger partial charge in [-0.3, -0.25) is 0 Å². The van der Waals surface area contributed by atoms with Crippen molar-refractivity contribution in [1.82, 2.24) is 0 Å². The molecule has 0 fully saturated rings. The van der Waals surface area contributed by atoms with Crippen LogP contribution < -0.4 is 0 Å². The molecule has 0 aromatic heterocycles. The zero-order valence-electron chi connectivity index (χ0n) is 5.58. The van der Waals surface area contributed by atoms with E-state index in [0.717, 1.165) is 0 Å². The summed E-state index contributed by atoms with van der Waals surface area (Å²) in [4.78, 5) is 0. The molecule has 0 aromatic carbocycles. The molecule has 0 rings (SSSR count). The van der Waals surface area contributed by atoms with Gasteiger partial charge in [0.1, 0.15) is 0 Å². The van der Waals surface area contributed by atoms with Crippen LogP contribution in [-0.2, 0) is 0 Å². The van der Waals surface area contributed by atoms with Gasteiger partial charge >= 0.3 is 0 Å². The normalized spacial score (nSPS) is 12.1. The Morgan fingerprint density at radius 1 is 1.50 bits per heavy atom. The largest absolute Gasteiger partial charge is 0.0752 e. The number of hydrogen-bond acceptors (Lipinski definition) is 0. The highest BCUT2D eigenvalue weighted by atomic mass is 127. The summed E-state index contributed by atoms with van der Waals surface area (Å²) in [5.74, 6) is 0. The minimum Gasteiger partial charge on any atom is -0.0752 e. The van der Waals surface area contributed by atoms with E-state index in [2.05, 4.69) is 42.5 Å². The quantitative estimate of drug-likeness (QED) is 0.643. The maximum absolute atomic E-state index is 2.39. The molecule has 0 aliphatic rings. The third kappa shape index (κ3) is 4.62. The molecule has 0 bridgehead atoms. The first kappa shape index (κ1) is 8.47. The smallest absolute Gasteiger partial charge is 0.0137 e. The van der Waals surface area contributed by atoms with Gasteiger partial charge in [0.2, 0.25) is 0 Å². The highest BCUT2D eigenvalue weighted by Crippen LogP contribution is 2.11. The molecule has 0 unspecified atom stereocenters. The van der Waals surface area contributed by atoms with Crippen molar-refractivity contribution in [2.24, 2.45) is 0 Å². The molecular weight excluding hydrogens is 211 g/mol. The standard InChI is InChI=1S/C7H13I/c1-3-5-6-7(8)4-2/h6H,3-5H2,1-2H3/b7-6-. The lowest BCUT2D eigenvalue weighted by atomic mass is 10.3. The monoisotopic (exact) mass is 224 g/mol. The highest BCUT2D eigenvalue weighted by Gasteiger charge is 1.81. The molecule has 0 spiro atoms. The summed E-state index contributed by atoms with van der Waals surface area (Å²) in [5.41, 5.74) is 0. The van der Waals surface area contributed by atoms with E-state index in [9.17, 15) is 0 Å². The number of allylic oxidation sites excluding steroid dienone is 2. The maximum Gasteiger partial charge on any atom is -0.0137 e. The van der Waals surface area contributed by atoms with E-state index in [-0.39, 0.29) is 0 Å². The van der Waals surface area contributed by atoms with Crippen LogP contribution in [0.15, 0.2) is 9.66 Å². The van der Waals surface area contributed by atoms with Crippen molar-refractivity contribution >= 4 is 22.6 Å². The molecule has 0 radical (unpaired) electrons. The Balaban J connectivity index is 3.26. The van der Waals surface area contributed by atoms with Gasteiger partial charge in [-0.05, 0) is 39.0 Å². The lowest BCUT2D eigenvalue weighted by Gasteiger charge is -1.89. The predicted molar refractivity (Wildman–Crippen MR) is 47.3 cm³/mol. The minimum absolute atomic E-state index is 1.19. The average molecular weight is 224 g/mol. The minimum atomic E-state index is 1.19. The summed E-state index contributed by atoms with van der Waals surface area (Å²) in [7, 11) is 0. The van der Waals surface area contributed by atoms with Crippen LogP contribution in [0.3, 0.4) is 0 Å². The topological polar surface area (TPSA) is 0 Å². The second kappa shape index (κ2) is 5.60. The Bertz CT molecular complexity index is 74.5. The van der Waals surface area contributed by atoms with Crippen molar-refractivity contribution < 1.29 is 0 Å². The van der Waals surface area contributed by atoms with E-state index in [1.54, 1.807) is 0 Å². The van der Waals surface area contributed by atoms with Crippen LogP contribution in [0, 0.1) is 0 Å². The van der Waals surface area contributed by atoms with E-state index >= 15 is 0 Å². The van der Waals surface area contributed by atoms with Gasteiger partial charge in [0.15, 0.2) is 0 Å². The van der Waals surface area contributed by atoms with E-state index in [1.807, 2.05) is 0 Å². The van der Waals surface area contributed by atoms with Crippen LogP contribution in [0.2, 0.25) is 0 Å². The van der Waals surface area contributed by atoms with E-state index in [4.69, 9.17) is 0 Å². The second-order valence-corrected chi connectivity index (χ2v) is 3.18. The number of unbranched alkanes of at least 4 members (excludes halogenated alkanes) is 1. The number of hydrogen-bond donors (Lipinski definition) is 0. The Morgan fingerprint density at radius 2 is 2.12 bits per heavy atom. The van der Waals surface area contributed by atoms with Crippen LogP contribution in [0.5, 0.6) is 0 Å². The molecule has 0 amide bonds. The molecule has 0 nitrogen and oxygen atoms in total. The molecule has 8 heavy (non-hydrogen) atoms. The second-order valence-electron chi connectivity index (χ2n) is 1.79. The zero-order chi connectivity index (χ0) is 6.41. The molecule has 0 heterocycles. The van der Waals surface area contributed by atoms with Crippen LogP contribution in [0.4, 0.5) is 0 Å². The lowest BCUT2D eigenvalue weighted by Crippen LogP contribution is -1.66. The van der Waals surface area contributed by atoms with Crippen molar-refractivity contribution in [2.45, 2.75) is 33.1 Å². The zero-order valence-corrected chi connectivity index (χ0v) is 7.73. The van der Waals surface area contributed by atoms with Crippen molar-refractivity contribution in [2.75, 3.05) is 0 Å². The van der Waals surface area contributed by atoms with Gasteiger partial charge in [-0.15, -0.1) is 0 Å². The average Bonchev–Trinajstić information content (AvgIpc) is 1.83. The highest BCUT2D eigenvalue weighted by molar-refractivity contribution is 14.1. The summed E-state index contributed by atoms with van der Waals surface area (Å²) in [6, 6.07) is 0. The molecule has 48 valence electrons. The molecule has 0 aliphatic heterocycles. The van der Waals surface area contributed by atoms with Gasteiger partial charge in [-0.25, -0.2) is 0 Å². The Labute approximate surface area is 65.5 Å². The Kier molecular flexibility index (Phi) is 5.93. The first-order valence-corrected chi connectivity index (χ1v) is 4.23. The molecule has 1 heteroatoms. The third-order valence-electron chi connectivity index (χ3n) is 0.992. The Hall–Kier alpha value is 0.470. The fourth-order valence-electron chi connectivity index (χ4n) is 0.445. The van der Waals surface area contributed by atoms with Crippen LogP contribution in [0.25, 0.3) is 0 Å². The van der Waals surface area contributed by atoms with Crippen molar-refractivity contribution in [3.05, 3.63) is 9.66 Å². The van der Waals surface area contributed by atoms with E-state index in [1.165, 1.54) is 22.8 Å². The SMILES string of the molecule is CCC/C=C(\I)CC. The fourth-order valence-corrected chi connectivity index (χ4v) is 0.757. The number of rotatable bonds is 3. The Morgan fingerprint density at radius 3 is 2.50 bits per heavy atom. The van der Waals surface area contributed by atoms with Crippen molar-refractivity contribution in [1.29, 1.82) is 0 Å². The van der Waals surface area contributed by atoms with Crippen LogP contribution in [0.1, 0.15) is 33.1 Å². The molecule has 0 saturated heterocycles. The fraction of sp³-hybridized carbons (Fsp3) is 0.714. The molecular formula is C7H13I. The van der Waals surface area contributed by atoms with Crippen molar-refractivity contribution in [3.63, 3.8) is 0 Å². The van der Waals surface area contributed by atoms with Gasteiger partial charge in [-0.2, -0.15) is 0 Å². The first-order chi connectivity index (χ1) is 3.81. The van der Waals surface area contributed by atoms with E-state index in [0.29, 0.717) is 0 Å². The van der Waals surface area contributed by atoms with Crippen molar-refractivity contribution in [3.8, 4) is 0 Å². The summed E-state index contributed by atoms with van der Waals surface area (Å²) in [6.07, 6.45) is 6.01. The van der Waals surface area contributed by atoms with Crippen LogP contribution in [-0.4, -0.2) is 0 Å². The summed E-state index contributed by atoms with van der Waals surface area (Å²) in [5, 5.41) is 0. The molecule has 0 aromatic rings. The molecule has 0 N–H and O–H groups in total. The van der Waals surface area contributed by atoms with Gasteiger partial charge in [0, 0.05) is 0 Å². The number of halogens is 1. The van der Waals surface area contributed by atoms with Gasteiger partial charge in [0.05, 0.1) is 0 Å².